The molecule has 1 aliphatic rings. The highest BCUT2D eigenvalue weighted by molar-refractivity contribution is 5.92. The first-order valence-electron chi connectivity index (χ1n) is 9.40. The molecule has 1 heterocycles. The number of rotatable bonds is 7. The van der Waals surface area contributed by atoms with E-state index < -0.39 is 0 Å². The monoisotopic (exact) mass is 369 g/mol. The van der Waals surface area contributed by atoms with Crippen molar-refractivity contribution in [2.45, 2.75) is 45.8 Å². The number of hydrogen-bond donors (Lipinski definition) is 1. The molecule has 0 aromatic heterocycles. The van der Waals surface area contributed by atoms with Gasteiger partial charge in [-0.25, -0.2) is 0 Å². The largest absolute Gasteiger partial charge is 0.491 e. The van der Waals surface area contributed by atoms with Gasteiger partial charge in [-0.15, -0.1) is 0 Å². The summed E-state index contributed by atoms with van der Waals surface area (Å²) in [6, 6.07) is 13.4. The van der Waals surface area contributed by atoms with E-state index in [0.717, 1.165) is 41.3 Å². The molecule has 0 aliphatic carbocycles. The van der Waals surface area contributed by atoms with Crippen molar-refractivity contribution < 1.29 is 19.0 Å². The van der Waals surface area contributed by atoms with Crippen LogP contribution in [0.5, 0.6) is 11.5 Å². The average Bonchev–Trinajstić information content (AvgIpc) is 3.12. The zero-order valence-electron chi connectivity index (χ0n) is 16.2. The molecule has 144 valence electrons. The Morgan fingerprint density at radius 1 is 1.22 bits per heavy atom. The third-order valence-corrected chi connectivity index (χ3v) is 4.34. The normalized spacial score (nSPS) is 16.4. The Labute approximate surface area is 160 Å². The lowest BCUT2D eigenvalue weighted by molar-refractivity contribution is -0.115. The van der Waals surface area contributed by atoms with E-state index in [1.807, 2.05) is 63.2 Å². The van der Waals surface area contributed by atoms with Gasteiger partial charge in [-0.05, 0) is 38.5 Å². The molecule has 1 aliphatic heterocycles. The molecule has 1 atom stereocenters. The van der Waals surface area contributed by atoms with Crippen molar-refractivity contribution in [2.24, 2.45) is 0 Å². The quantitative estimate of drug-likeness (QED) is 0.797. The van der Waals surface area contributed by atoms with Gasteiger partial charge in [-0.2, -0.15) is 0 Å². The van der Waals surface area contributed by atoms with E-state index >= 15 is 0 Å². The van der Waals surface area contributed by atoms with Gasteiger partial charge in [0.25, 0.3) is 0 Å². The van der Waals surface area contributed by atoms with Crippen LogP contribution in [0, 0.1) is 6.92 Å². The minimum atomic E-state index is -0.0891. The third kappa shape index (κ3) is 5.47. The SMILES string of the molecule is Cc1ccc(NC(=O)Cc2ccccc2OC(C)C)cc1OC1CCOC1. The Balaban J connectivity index is 1.66. The molecule has 0 saturated carbocycles. The van der Waals surface area contributed by atoms with Gasteiger partial charge < -0.3 is 19.5 Å². The van der Waals surface area contributed by atoms with E-state index in [0.29, 0.717) is 6.61 Å². The summed E-state index contributed by atoms with van der Waals surface area (Å²) in [7, 11) is 0. The van der Waals surface area contributed by atoms with Gasteiger partial charge in [-0.3, -0.25) is 4.79 Å². The zero-order chi connectivity index (χ0) is 19.2. The first kappa shape index (κ1) is 19.2. The van der Waals surface area contributed by atoms with E-state index in [1.54, 1.807) is 0 Å². The Kier molecular flexibility index (Phi) is 6.35. The molecule has 3 rings (SSSR count). The topological polar surface area (TPSA) is 56.8 Å². The van der Waals surface area contributed by atoms with Crippen LogP contribution in [0.3, 0.4) is 0 Å². The number of aryl methyl sites for hydroxylation is 1. The minimum Gasteiger partial charge on any atom is -0.491 e. The fourth-order valence-electron chi connectivity index (χ4n) is 2.99. The van der Waals surface area contributed by atoms with Gasteiger partial charge in [0, 0.05) is 23.7 Å². The maximum atomic E-state index is 12.5. The second-order valence-electron chi connectivity index (χ2n) is 7.08. The van der Waals surface area contributed by atoms with Gasteiger partial charge in [-0.1, -0.05) is 24.3 Å². The van der Waals surface area contributed by atoms with Crippen molar-refractivity contribution in [3.63, 3.8) is 0 Å². The van der Waals surface area contributed by atoms with Crippen molar-refractivity contribution in [3.8, 4) is 11.5 Å². The molecular weight excluding hydrogens is 342 g/mol. The number of para-hydroxylation sites is 1. The predicted molar refractivity (Wildman–Crippen MR) is 106 cm³/mol. The maximum absolute atomic E-state index is 12.5. The van der Waals surface area contributed by atoms with Crippen LogP contribution in [0.15, 0.2) is 42.5 Å². The van der Waals surface area contributed by atoms with Crippen LogP contribution in [0.25, 0.3) is 0 Å². The van der Waals surface area contributed by atoms with E-state index in [2.05, 4.69) is 5.32 Å². The van der Waals surface area contributed by atoms with Crippen molar-refractivity contribution in [1.82, 2.24) is 0 Å². The lowest BCUT2D eigenvalue weighted by Gasteiger charge is -2.16. The summed E-state index contributed by atoms with van der Waals surface area (Å²) in [6.07, 6.45) is 1.28. The highest BCUT2D eigenvalue weighted by Gasteiger charge is 2.18. The first-order chi connectivity index (χ1) is 13.0. The molecule has 1 fully saturated rings. The molecule has 5 nitrogen and oxygen atoms in total. The molecule has 1 amide bonds. The highest BCUT2D eigenvalue weighted by Crippen LogP contribution is 2.26. The van der Waals surface area contributed by atoms with E-state index in [4.69, 9.17) is 14.2 Å². The number of anilines is 1. The standard InChI is InChI=1S/C22H27NO4/c1-15(2)26-20-7-5-4-6-17(20)12-22(24)23-18-9-8-16(3)21(13-18)27-19-10-11-25-14-19/h4-9,13,15,19H,10-12,14H2,1-3H3,(H,23,24). The molecule has 1 unspecified atom stereocenters. The van der Waals surface area contributed by atoms with Crippen LogP contribution in [0.4, 0.5) is 5.69 Å². The average molecular weight is 369 g/mol. The summed E-state index contributed by atoms with van der Waals surface area (Å²) in [5.74, 6) is 1.44. The molecule has 0 bridgehead atoms. The summed E-state index contributed by atoms with van der Waals surface area (Å²) >= 11 is 0. The molecule has 2 aromatic rings. The third-order valence-electron chi connectivity index (χ3n) is 4.34. The fraction of sp³-hybridized carbons (Fsp3) is 0.409. The lowest BCUT2D eigenvalue weighted by atomic mass is 10.1. The Morgan fingerprint density at radius 3 is 2.78 bits per heavy atom. The first-order valence-corrected chi connectivity index (χ1v) is 9.40. The summed E-state index contributed by atoms with van der Waals surface area (Å²) in [5.41, 5.74) is 2.63. The summed E-state index contributed by atoms with van der Waals surface area (Å²) in [5, 5.41) is 2.96. The number of hydrogen-bond acceptors (Lipinski definition) is 4. The minimum absolute atomic E-state index is 0.0607. The van der Waals surface area contributed by atoms with Crippen molar-refractivity contribution in [1.29, 1.82) is 0 Å². The van der Waals surface area contributed by atoms with Gasteiger partial charge in [0.2, 0.25) is 5.91 Å². The molecule has 0 radical (unpaired) electrons. The second kappa shape index (κ2) is 8.91. The fourth-order valence-corrected chi connectivity index (χ4v) is 2.99. The highest BCUT2D eigenvalue weighted by atomic mass is 16.5. The van der Waals surface area contributed by atoms with E-state index in [9.17, 15) is 4.79 Å². The van der Waals surface area contributed by atoms with Crippen LogP contribution in [0.2, 0.25) is 0 Å². The maximum Gasteiger partial charge on any atom is 0.228 e. The number of ether oxygens (including phenoxy) is 3. The van der Waals surface area contributed by atoms with Gasteiger partial charge >= 0.3 is 0 Å². The number of amides is 1. The lowest BCUT2D eigenvalue weighted by Crippen LogP contribution is -2.18. The summed E-state index contributed by atoms with van der Waals surface area (Å²) < 4.78 is 17.2. The van der Waals surface area contributed by atoms with Crippen LogP contribution >= 0.6 is 0 Å². The summed E-state index contributed by atoms with van der Waals surface area (Å²) in [4.78, 5) is 12.5. The van der Waals surface area contributed by atoms with Gasteiger partial charge in [0.15, 0.2) is 0 Å². The zero-order valence-corrected chi connectivity index (χ0v) is 16.2. The molecule has 2 aromatic carbocycles. The predicted octanol–water partition coefficient (Wildman–Crippen LogP) is 4.13. The summed E-state index contributed by atoms with van der Waals surface area (Å²) in [6.45, 7) is 7.29. The molecule has 1 saturated heterocycles. The number of carbonyl (C=O) groups is 1. The Hall–Kier alpha value is -2.53. The van der Waals surface area contributed by atoms with Gasteiger partial charge in [0.05, 0.1) is 25.7 Å². The molecule has 0 spiro atoms. The number of nitrogens with one attached hydrogen (secondary N) is 1. The molecule has 27 heavy (non-hydrogen) atoms. The van der Waals surface area contributed by atoms with E-state index in [1.165, 1.54) is 0 Å². The molecular formula is C22H27NO4. The van der Waals surface area contributed by atoms with Crippen molar-refractivity contribution >= 4 is 11.6 Å². The van der Waals surface area contributed by atoms with Crippen LogP contribution in [-0.4, -0.2) is 31.3 Å². The molecule has 1 N–H and O–H groups in total. The van der Waals surface area contributed by atoms with Crippen LogP contribution in [0.1, 0.15) is 31.4 Å². The van der Waals surface area contributed by atoms with E-state index in [-0.39, 0.29) is 24.5 Å². The Morgan fingerprint density at radius 2 is 2.04 bits per heavy atom. The van der Waals surface area contributed by atoms with Crippen molar-refractivity contribution in [2.75, 3.05) is 18.5 Å². The number of carbonyl (C=O) groups excluding carboxylic acids is 1. The van der Waals surface area contributed by atoms with Crippen molar-refractivity contribution in [3.05, 3.63) is 53.6 Å². The molecule has 5 heteroatoms. The van der Waals surface area contributed by atoms with Gasteiger partial charge in [0.1, 0.15) is 17.6 Å². The van der Waals surface area contributed by atoms with Crippen LogP contribution < -0.4 is 14.8 Å². The Bertz CT molecular complexity index is 782. The second-order valence-corrected chi connectivity index (χ2v) is 7.08. The smallest absolute Gasteiger partial charge is 0.228 e. The number of benzene rings is 2. The van der Waals surface area contributed by atoms with Crippen LogP contribution in [-0.2, 0) is 16.0 Å².